The summed E-state index contributed by atoms with van der Waals surface area (Å²) in [4.78, 5) is 22.0. The molecule has 7 heteroatoms. The zero-order chi connectivity index (χ0) is 15.8. The summed E-state index contributed by atoms with van der Waals surface area (Å²) in [7, 11) is 0. The number of rotatable bonds is 4. The summed E-state index contributed by atoms with van der Waals surface area (Å²) < 4.78 is 5.32. The minimum absolute atomic E-state index is 0.284. The smallest absolute Gasteiger partial charge is 0.268 e. The van der Waals surface area contributed by atoms with Crippen LogP contribution in [0.15, 0.2) is 22.0 Å². The van der Waals surface area contributed by atoms with E-state index in [0.29, 0.717) is 30.1 Å². The van der Waals surface area contributed by atoms with Gasteiger partial charge in [0.2, 0.25) is 5.91 Å². The molecule has 2 unspecified atom stereocenters. The maximum atomic E-state index is 12.2. The molecule has 2 aliphatic rings. The summed E-state index contributed by atoms with van der Waals surface area (Å²) in [5.41, 5.74) is 0. The van der Waals surface area contributed by atoms with E-state index in [4.69, 9.17) is 4.52 Å². The van der Waals surface area contributed by atoms with Crippen LogP contribution in [0, 0.1) is 11.8 Å². The highest BCUT2D eigenvalue weighted by atomic mass is 32.1. The maximum absolute atomic E-state index is 12.2. The number of aromatic nitrogens is 2. The van der Waals surface area contributed by atoms with Crippen LogP contribution in [0.3, 0.4) is 0 Å². The number of carbonyl (C=O) groups excluding carboxylic acids is 1. The van der Waals surface area contributed by atoms with Crippen LogP contribution >= 0.6 is 11.3 Å². The zero-order valence-corrected chi connectivity index (χ0v) is 14.0. The van der Waals surface area contributed by atoms with Gasteiger partial charge >= 0.3 is 0 Å². The first kappa shape index (κ1) is 14.8. The molecule has 1 amide bonds. The largest absolute Gasteiger partial charge is 0.340 e. The van der Waals surface area contributed by atoms with E-state index in [2.05, 4.69) is 22.0 Å². The molecule has 0 N–H and O–H groups in total. The normalized spacial score (nSPS) is 24.8. The highest BCUT2D eigenvalue weighted by Crippen LogP contribution is 2.39. The average molecular weight is 332 g/mol. The summed E-state index contributed by atoms with van der Waals surface area (Å²) in [6, 6.07) is 3.95. The Balaban J connectivity index is 1.30. The number of piperazine rings is 1. The molecule has 1 aliphatic carbocycles. The van der Waals surface area contributed by atoms with Gasteiger partial charge in [0, 0.05) is 32.1 Å². The van der Waals surface area contributed by atoms with Crippen molar-refractivity contribution in [1.82, 2.24) is 19.9 Å². The van der Waals surface area contributed by atoms with Crippen LogP contribution in [0.2, 0.25) is 0 Å². The quantitative estimate of drug-likeness (QED) is 0.858. The van der Waals surface area contributed by atoms with Gasteiger partial charge in [-0.3, -0.25) is 9.69 Å². The summed E-state index contributed by atoms with van der Waals surface area (Å²) >= 11 is 1.59. The summed E-state index contributed by atoms with van der Waals surface area (Å²) in [5, 5.41) is 6.06. The van der Waals surface area contributed by atoms with Gasteiger partial charge in [-0.25, -0.2) is 0 Å². The van der Waals surface area contributed by atoms with Gasteiger partial charge in [-0.2, -0.15) is 4.98 Å². The Hall–Kier alpha value is -1.73. The van der Waals surface area contributed by atoms with Gasteiger partial charge in [0.15, 0.2) is 5.82 Å². The molecule has 0 radical (unpaired) electrons. The highest BCUT2D eigenvalue weighted by molar-refractivity contribution is 7.13. The molecule has 4 rings (SSSR count). The molecule has 0 aromatic carbocycles. The van der Waals surface area contributed by atoms with Gasteiger partial charge < -0.3 is 9.42 Å². The second-order valence-electron chi connectivity index (χ2n) is 6.41. The van der Waals surface area contributed by atoms with Gasteiger partial charge in [0.1, 0.15) is 0 Å². The Labute approximate surface area is 139 Å². The molecular weight excluding hydrogens is 312 g/mol. The molecule has 3 heterocycles. The molecule has 2 fully saturated rings. The third-order valence-corrected chi connectivity index (χ3v) is 5.53. The molecule has 6 nitrogen and oxygen atoms in total. The van der Waals surface area contributed by atoms with Gasteiger partial charge in [0.25, 0.3) is 5.89 Å². The van der Waals surface area contributed by atoms with Crippen LogP contribution in [-0.2, 0) is 11.3 Å². The Bertz CT molecular complexity index is 676. The molecule has 1 aliphatic heterocycles. The lowest BCUT2D eigenvalue weighted by Gasteiger charge is -2.34. The van der Waals surface area contributed by atoms with Crippen LogP contribution in [-0.4, -0.2) is 52.0 Å². The zero-order valence-electron chi connectivity index (χ0n) is 13.1. The molecule has 2 aromatic heterocycles. The van der Waals surface area contributed by atoms with Crippen LogP contribution in [0.1, 0.15) is 19.2 Å². The first-order valence-corrected chi connectivity index (χ1v) is 8.96. The number of hydrogen-bond donors (Lipinski definition) is 0. The standard InChI is InChI=1S/C16H20N4O2S/c1-11-9-12(11)16(21)20-6-4-19(5-7-20)10-14-17-15(22-18-14)13-3-2-8-23-13/h2-3,8,11-12H,4-7,9-10H2,1H3. The minimum Gasteiger partial charge on any atom is -0.340 e. The molecule has 23 heavy (non-hydrogen) atoms. The first-order chi connectivity index (χ1) is 11.2. The number of nitrogens with zero attached hydrogens (tertiary/aromatic N) is 4. The molecular formula is C16H20N4O2S. The Morgan fingerprint density at radius 1 is 1.39 bits per heavy atom. The average Bonchev–Trinajstić information content (AvgIpc) is 3.00. The number of carbonyl (C=O) groups is 1. The Morgan fingerprint density at radius 3 is 2.83 bits per heavy atom. The topological polar surface area (TPSA) is 62.5 Å². The van der Waals surface area contributed by atoms with Crippen molar-refractivity contribution in [3.63, 3.8) is 0 Å². The second kappa shape index (κ2) is 6.05. The van der Waals surface area contributed by atoms with E-state index in [9.17, 15) is 4.79 Å². The summed E-state index contributed by atoms with van der Waals surface area (Å²) in [6.07, 6.45) is 1.06. The van der Waals surface area contributed by atoms with Gasteiger partial charge in [0.05, 0.1) is 11.4 Å². The third-order valence-electron chi connectivity index (χ3n) is 4.68. The Morgan fingerprint density at radius 2 is 2.17 bits per heavy atom. The van der Waals surface area contributed by atoms with E-state index >= 15 is 0 Å². The predicted molar refractivity (Wildman–Crippen MR) is 86.7 cm³/mol. The predicted octanol–water partition coefficient (Wildman–Crippen LogP) is 2.10. The molecule has 122 valence electrons. The van der Waals surface area contributed by atoms with Crippen molar-refractivity contribution in [3.8, 4) is 10.8 Å². The van der Waals surface area contributed by atoms with E-state index < -0.39 is 0 Å². The van der Waals surface area contributed by atoms with E-state index in [1.54, 1.807) is 11.3 Å². The molecule has 2 aromatic rings. The molecule has 0 spiro atoms. The summed E-state index contributed by atoms with van der Waals surface area (Å²) in [5.74, 6) is 2.51. The fourth-order valence-corrected chi connectivity index (χ4v) is 3.69. The van der Waals surface area contributed by atoms with Crippen LogP contribution in [0.4, 0.5) is 0 Å². The van der Waals surface area contributed by atoms with Gasteiger partial charge in [-0.15, -0.1) is 11.3 Å². The lowest BCUT2D eigenvalue weighted by molar-refractivity contribution is -0.134. The van der Waals surface area contributed by atoms with Crippen molar-refractivity contribution >= 4 is 17.2 Å². The molecule has 0 bridgehead atoms. The van der Waals surface area contributed by atoms with E-state index in [-0.39, 0.29) is 5.92 Å². The van der Waals surface area contributed by atoms with Crippen molar-refractivity contribution < 1.29 is 9.32 Å². The van der Waals surface area contributed by atoms with Gasteiger partial charge in [-0.05, 0) is 23.8 Å². The third kappa shape index (κ3) is 3.16. The molecule has 1 saturated heterocycles. The fourth-order valence-electron chi connectivity index (χ4n) is 3.05. The van der Waals surface area contributed by atoms with Crippen molar-refractivity contribution in [2.75, 3.05) is 26.2 Å². The number of hydrogen-bond acceptors (Lipinski definition) is 6. The minimum atomic E-state index is 0.284. The number of thiophene rings is 1. The van der Waals surface area contributed by atoms with Gasteiger partial charge in [-0.1, -0.05) is 18.1 Å². The number of amides is 1. The first-order valence-electron chi connectivity index (χ1n) is 8.08. The highest BCUT2D eigenvalue weighted by Gasteiger charge is 2.41. The second-order valence-corrected chi connectivity index (χ2v) is 7.36. The maximum Gasteiger partial charge on any atom is 0.268 e. The monoisotopic (exact) mass is 332 g/mol. The Kier molecular flexibility index (Phi) is 3.90. The fraction of sp³-hybridized carbons (Fsp3) is 0.562. The van der Waals surface area contributed by atoms with E-state index in [0.717, 1.165) is 37.5 Å². The van der Waals surface area contributed by atoms with Crippen molar-refractivity contribution in [2.45, 2.75) is 19.9 Å². The van der Waals surface area contributed by atoms with Crippen LogP contribution in [0.25, 0.3) is 10.8 Å². The summed E-state index contributed by atoms with van der Waals surface area (Å²) in [6.45, 7) is 6.18. The van der Waals surface area contributed by atoms with Crippen LogP contribution in [0.5, 0.6) is 0 Å². The van der Waals surface area contributed by atoms with Crippen LogP contribution < -0.4 is 0 Å². The lowest BCUT2D eigenvalue weighted by Crippen LogP contribution is -2.49. The van der Waals surface area contributed by atoms with Crippen molar-refractivity contribution in [1.29, 1.82) is 0 Å². The lowest BCUT2D eigenvalue weighted by atomic mass is 10.2. The molecule has 2 atom stereocenters. The van der Waals surface area contributed by atoms with E-state index in [1.165, 1.54) is 0 Å². The van der Waals surface area contributed by atoms with Crippen molar-refractivity contribution in [2.24, 2.45) is 11.8 Å². The van der Waals surface area contributed by atoms with Crippen molar-refractivity contribution in [3.05, 3.63) is 23.3 Å². The van der Waals surface area contributed by atoms with E-state index in [1.807, 2.05) is 22.4 Å². The SMILES string of the molecule is CC1CC1C(=O)N1CCN(Cc2noc(-c3cccs3)n2)CC1. The molecule has 1 saturated carbocycles.